The zero-order valence-corrected chi connectivity index (χ0v) is 13.7. The van der Waals surface area contributed by atoms with E-state index in [0.717, 1.165) is 13.0 Å². The Morgan fingerprint density at radius 1 is 0.905 bits per heavy atom. The van der Waals surface area contributed by atoms with Gasteiger partial charge in [-0.3, -0.25) is 0 Å². The van der Waals surface area contributed by atoms with Gasteiger partial charge in [-0.05, 0) is 29.9 Å². The average Bonchev–Trinajstić information content (AvgIpc) is 2.45. The normalized spacial score (nSPS) is 13.1. The van der Waals surface area contributed by atoms with Gasteiger partial charge in [0.2, 0.25) is 0 Å². The topological polar surface area (TPSA) is 12.0 Å². The molecule has 0 spiro atoms. The summed E-state index contributed by atoms with van der Waals surface area (Å²) in [4.78, 5) is 0. The molecule has 1 N–H and O–H groups in total. The minimum Gasteiger partial charge on any atom is -0.306 e. The van der Waals surface area contributed by atoms with E-state index in [9.17, 15) is 0 Å². The summed E-state index contributed by atoms with van der Waals surface area (Å²) < 4.78 is 0. The van der Waals surface area contributed by atoms with Crippen LogP contribution < -0.4 is 5.32 Å². The molecule has 0 aliphatic carbocycles. The first-order valence-electron chi connectivity index (χ1n) is 7.78. The van der Waals surface area contributed by atoms with Gasteiger partial charge in [-0.2, -0.15) is 0 Å². The monoisotopic (exact) mass is 281 g/mol. The van der Waals surface area contributed by atoms with Crippen LogP contribution in [0.4, 0.5) is 0 Å². The van der Waals surface area contributed by atoms with Crippen molar-refractivity contribution in [3.8, 4) is 0 Å². The van der Waals surface area contributed by atoms with Gasteiger partial charge in [0.25, 0.3) is 0 Å². The second-order valence-corrected chi connectivity index (χ2v) is 7.09. The molecular formula is C20H27N. The van der Waals surface area contributed by atoms with Gasteiger partial charge < -0.3 is 5.32 Å². The van der Waals surface area contributed by atoms with Crippen molar-refractivity contribution in [1.29, 1.82) is 0 Å². The van der Waals surface area contributed by atoms with E-state index >= 15 is 0 Å². The van der Waals surface area contributed by atoms with Crippen molar-refractivity contribution in [1.82, 2.24) is 5.32 Å². The van der Waals surface area contributed by atoms with Gasteiger partial charge >= 0.3 is 0 Å². The van der Waals surface area contributed by atoms with Crippen LogP contribution in [0.25, 0.3) is 0 Å². The van der Waals surface area contributed by atoms with Gasteiger partial charge in [0.1, 0.15) is 0 Å². The molecule has 1 nitrogen and oxygen atoms in total. The van der Waals surface area contributed by atoms with Crippen molar-refractivity contribution < 1.29 is 0 Å². The zero-order chi connectivity index (χ0) is 15.3. The minimum absolute atomic E-state index is 0.306. The molecule has 2 aromatic carbocycles. The predicted octanol–water partition coefficient (Wildman–Crippen LogP) is 5.26. The predicted molar refractivity (Wildman–Crippen MR) is 91.3 cm³/mol. The number of rotatable bonds is 5. The third-order valence-electron chi connectivity index (χ3n) is 3.69. The molecule has 0 saturated heterocycles. The van der Waals surface area contributed by atoms with E-state index in [2.05, 4.69) is 87.6 Å². The van der Waals surface area contributed by atoms with Crippen LogP contribution in [0.5, 0.6) is 0 Å². The van der Waals surface area contributed by atoms with E-state index in [4.69, 9.17) is 0 Å². The molecule has 112 valence electrons. The smallest absolute Gasteiger partial charge is 0.0328 e. The summed E-state index contributed by atoms with van der Waals surface area (Å²) >= 11 is 0. The Hall–Kier alpha value is -1.60. The van der Waals surface area contributed by atoms with Crippen LogP contribution in [0.1, 0.15) is 49.9 Å². The van der Waals surface area contributed by atoms with E-state index in [-0.39, 0.29) is 0 Å². The lowest BCUT2D eigenvalue weighted by atomic mass is 9.85. The lowest BCUT2D eigenvalue weighted by Crippen LogP contribution is -2.25. The second-order valence-electron chi connectivity index (χ2n) is 7.09. The van der Waals surface area contributed by atoms with Crippen LogP contribution >= 0.6 is 0 Å². The van der Waals surface area contributed by atoms with E-state index < -0.39 is 0 Å². The summed E-state index contributed by atoms with van der Waals surface area (Å²) in [5, 5.41) is 3.73. The van der Waals surface area contributed by atoms with E-state index in [1.54, 1.807) is 0 Å². The first kappa shape index (κ1) is 15.8. The number of nitrogens with one attached hydrogen (secondary N) is 1. The molecule has 2 rings (SSSR count). The quantitative estimate of drug-likeness (QED) is 0.788. The molecule has 2 aromatic rings. The van der Waals surface area contributed by atoms with Crippen molar-refractivity contribution >= 4 is 0 Å². The first-order valence-corrected chi connectivity index (χ1v) is 7.78. The highest BCUT2D eigenvalue weighted by Gasteiger charge is 2.19. The Bertz CT molecular complexity index is 534. The van der Waals surface area contributed by atoms with Crippen molar-refractivity contribution in [2.45, 2.75) is 46.7 Å². The molecule has 0 radical (unpaired) electrons. The number of benzene rings is 2. The average molecular weight is 281 g/mol. The third kappa shape index (κ3) is 5.35. The highest BCUT2D eigenvalue weighted by molar-refractivity contribution is 5.23. The maximum atomic E-state index is 3.73. The van der Waals surface area contributed by atoms with Crippen LogP contribution in [-0.2, 0) is 6.54 Å². The van der Waals surface area contributed by atoms with Crippen LogP contribution in [0, 0.1) is 12.3 Å². The van der Waals surface area contributed by atoms with Crippen molar-refractivity contribution in [2.24, 2.45) is 5.41 Å². The maximum Gasteiger partial charge on any atom is 0.0328 e. The summed E-state index contributed by atoms with van der Waals surface area (Å²) in [6.45, 7) is 9.95. The van der Waals surface area contributed by atoms with Crippen molar-refractivity contribution in [3.63, 3.8) is 0 Å². The first-order chi connectivity index (χ1) is 9.94. The number of hydrogen-bond acceptors (Lipinski definition) is 1. The van der Waals surface area contributed by atoms with E-state index in [0.29, 0.717) is 11.5 Å². The van der Waals surface area contributed by atoms with Crippen molar-refractivity contribution in [3.05, 3.63) is 71.3 Å². The third-order valence-corrected chi connectivity index (χ3v) is 3.69. The van der Waals surface area contributed by atoms with Crippen LogP contribution in [0.2, 0.25) is 0 Å². The molecule has 1 unspecified atom stereocenters. The van der Waals surface area contributed by atoms with Gasteiger partial charge in [0.15, 0.2) is 0 Å². The molecule has 0 aliphatic heterocycles. The fourth-order valence-corrected chi connectivity index (χ4v) is 2.55. The minimum atomic E-state index is 0.306. The Kier molecular flexibility index (Phi) is 5.19. The molecule has 21 heavy (non-hydrogen) atoms. The fraction of sp³-hybridized carbons (Fsp3) is 0.400. The van der Waals surface area contributed by atoms with E-state index in [1.807, 2.05) is 0 Å². The molecular weight excluding hydrogens is 254 g/mol. The highest BCUT2D eigenvalue weighted by Crippen LogP contribution is 2.29. The molecule has 1 atom stereocenters. The Balaban J connectivity index is 2.07. The molecule has 0 fully saturated rings. The van der Waals surface area contributed by atoms with Gasteiger partial charge in [0.05, 0.1) is 0 Å². The molecule has 0 amide bonds. The molecule has 1 heteroatoms. The summed E-state index contributed by atoms with van der Waals surface area (Å²) in [6, 6.07) is 19.9. The lowest BCUT2D eigenvalue weighted by molar-refractivity contribution is 0.310. The summed E-state index contributed by atoms with van der Waals surface area (Å²) in [5.41, 5.74) is 4.34. The SMILES string of the molecule is Cc1ccc(CNC(CC(C)(C)C)c2ccccc2)cc1. The summed E-state index contributed by atoms with van der Waals surface area (Å²) in [7, 11) is 0. The van der Waals surface area contributed by atoms with Crippen LogP contribution in [0.15, 0.2) is 54.6 Å². The van der Waals surface area contributed by atoms with E-state index in [1.165, 1.54) is 16.7 Å². The number of hydrogen-bond donors (Lipinski definition) is 1. The summed E-state index contributed by atoms with van der Waals surface area (Å²) in [6.07, 6.45) is 1.13. The lowest BCUT2D eigenvalue weighted by Gasteiger charge is -2.27. The van der Waals surface area contributed by atoms with Gasteiger partial charge in [-0.15, -0.1) is 0 Å². The number of aryl methyl sites for hydroxylation is 1. The summed E-state index contributed by atoms with van der Waals surface area (Å²) in [5.74, 6) is 0. The van der Waals surface area contributed by atoms with Crippen molar-refractivity contribution in [2.75, 3.05) is 0 Å². The van der Waals surface area contributed by atoms with Gasteiger partial charge in [0, 0.05) is 12.6 Å². The fourth-order valence-electron chi connectivity index (χ4n) is 2.55. The Labute approximate surface area is 129 Å². The Morgan fingerprint density at radius 2 is 1.52 bits per heavy atom. The standard InChI is InChI=1S/C20H27N/c1-16-10-12-17(13-11-16)15-21-19(14-20(2,3)4)18-8-6-5-7-9-18/h5-13,19,21H,14-15H2,1-4H3. The largest absolute Gasteiger partial charge is 0.306 e. The van der Waals surface area contributed by atoms with Crippen LogP contribution in [-0.4, -0.2) is 0 Å². The molecule has 0 bridgehead atoms. The second kappa shape index (κ2) is 6.91. The molecule has 0 saturated carbocycles. The van der Waals surface area contributed by atoms with Gasteiger partial charge in [-0.1, -0.05) is 80.9 Å². The Morgan fingerprint density at radius 3 is 2.10 bits per heavy atom. The molecule has 0 aliphatic rings. The zero-order valence-electron chi connectivity index (χ0n) is 13.7. The van der Waals surface area contributed by atoms with Crippen LogP contribution in [0.3, 0.4) is 0 Å². The highest BCUT2D eigenvalue weighted by atomic mass is 14.9. The van der Waals surface area contributed by atoms with Gasteiger partial charge in [-0.25, -0.2) is 0 Å². The maximum absolute atomic E-state index is 3.73. The molecule has 0 heterocycles. The molecule has 0 aromatic heterocycles.